The summed E-state index contributed by atoms with van der Waals surface area (Å²) >= 11 is 0. The van der Waals surface area contributed by atoms with Crippen LogP contribution in [0.25, 0.3) is 0 Å². The highest BCUT2D eigenvalue weighted by atomic mass is 16.8. The van der Waals surface area contributed by atoms with Gasteiger partial charge in [0.25, 0.3) is 5.79 Å². The van der Waals surface area contributed by atoms with Gasteiger partial charge in [0.2, 0.25) is 11.8 Å². The molecule has 318 valence electrons. The molecule has 0 aromatic heterocycles. The fourth-order valence-electron chi connectivity index (χ4n) is 6.54. The van der Waals surface area contributed by atoms with E-state index in [4.69, 9.17) is 28.4 Å². The van der Waals surface area contributed by atoms with Crippen molar-refractivity contribution < 1.29 is 103 Å². The summed E-state index contributed by atoms with van der Waals surface area (Å²) in [5.74, 6) is -6.84. The lowest BCUT2D eigenvalue weighted by molar-refractivity contribution is -0.381. The minimum atomic E-state index is -3.06. The van der Waals surface area contributed by atoms with Crippen LogP contribution in [0, 0.1) is 0 Å². The van der Waals surface area contributed by atoms with Crippen molar-refractivity contribution in [3.8, 4) is 0 Å². The first-order chi connectivity index (χ1) is 25.9. The van der Waals surface area contributed by atoms with E-state index >= 15 is 0 Å². The molecule has 23 nitrogen and oxygen atoms in total. The maximum absolute atomic E-state index is 12.8. The van der Waals surface area contributed by atoms with Crippen molar-refractivity contribution in [2.75, 3.05) is 33.5 Å². The Kier molecular flexibility index (Phi) is 17.9. The molecule has 0 saturated carbocycles. The van der Waals surface area contributed by atoms with Gasteiger partial charge in [0, 0.05) is 33.3 Å². The van der Waals surface area contributed by atoms with Crippen molar-refractivity contribution in [2.24, 2.45) is 0 Å². The molecule has 2 amide bonds. The molecule has 0 bridgehead atoms. The number of aliphatic hydroxyl groups excluding tert-OH is 9. The van der Waals surface area contributed by atoms with E-state index in [2.05, 4.69) is 15.4 Å². The number of hydrogen-bond donors (Lipinski definition) is 12. The molecule has 0 radical (unpaired) electrons. The highest BCUT2D eigenvalue weighted by Crippen LogP contribution is 2.38. The molecule has 3 saturated heterocycles. The van der Waals surface area contributed by atoms with E-state index in [1.54, 1.807) is 0 Å². The summed E-state index contributed by atoms with van der Waals surface area (Å²) < 4.78 is 39.0. The number of hydrogen-bond acceptors (Lipinski definition) is 20. The summed E-state index contributed by atoms with van der Waals surface area (Å²) in [5.41, 5.74) is 0. The quantitative estimate of drug-likeness (QED) is 0.0427. The summed E-state index contributed by atoms with van der Waals surface area (Å²) in [5, 5.41) is 110. The average Bonchev–Trinajstić information content (AvgIpc) is 3.14. The fourth-order valence-corrected chi connectivity index (χ4v) is 6.54. The smallest absolute Gasteiger partial charge is 0.364 e. The van der Waals surface area contributed by atoms with Gasteiger partial charge < -0.3 is 94.9 Å². The van der Waals surface area contributed by atoms with Crippen molar-refractivity contribution in [1.82, 2.24) is 10.6 Å². The van der Waals surface area contributed by atoms with Crippen LogP contribution in [0.2, 0.25) is 0 Å². The molecule has 0 aliphatic carbocycles. The normalized spacial score (nSPS) is 37.7. The standard InChI is InChI=1S/C32H54N2O21/c1-13(38)33-20-15(40)9-32(31(47)48,54-27(20)22(43)16(41)10-35)55-28-24(45)18(12-37)52-30(25(28)46)53-26-21(34-14(2)39)29(51-17(11-36)23(26)44)50-8-6-4-5-7-19(42)49-3/h15-18,20-30,35-37,40-41,43-46H,4-12H2,1-3H3,(H,33,38)(H,34,39)(H,47,48)/t15-,16+,17+,18+,20+,21+,22+,23-,24-,25+,26+,27+,28-,29+,30-,32-/m0/s1. The first-order valence-electron chi connectivity index (χ1n) is 17.6. The lowest BCUT2D eigenvalue weighted by Crippen LogP contribution is -2.71. The van der Waals surface area contributed by atoms with Gasteiger partial charge in [-0.15, -0.1) is 0 Å². The van der Waals surface area contributed by atoms with Gasteiger partial charge in [-0.3, -0.25) is 14.4 Å². The predicted molar refractivity (Wildman–Crippen MR) is 176 cm³/mol. The van der Waals surface area contributed by atoms with Gasteiger partial charge in [0.05, 0.1) is 39.1 Å². The van der Waals surface area contributed by atoms with Gasteiger partial charge in [-0.25, -0.2) is 4.79 Å². The van der Waals surface area contributed by atoms with E-state index in [1.807, 2.05) is 0 Å². The Hall–Kier alpha value is -2.72. The number of methoxy groups -OCH3 is 1. The Balaban J connectivity index is 1.92. The van der Waals surface area contributed by atoms with E-state index in [-0.39, 0.29) is 13.0 Å². The maximum atomic E-state index is 12.8. The number of unbranched alkanes of at least 4 members (excludes halogenated alkanes) is 2. The zero-order valence-electron chi connectivity index (χ0n) is 30.5. The van der Waals surface area contributed by atoms with Gasteiger partial charge >= 0.3 is 11.9 Å². The maximum Gasteiger partial charge on any atom is 0.364 e. The van der Waals surface area contributed by atoms with Crippen LogP contribution in [0.1, 0.15) is 46.0 Å². The highest BCUT2D eigenvalue weighted by molar-refractivity contribution is 5.76. The number of carbonyl (C=O) groups is 4. The number of nitrogens with one attached hydrogen (secondary N) is 2. The van der Waals surface area contributed by atoms with Crippen LogP contribution >= 0.6 is 0 Å². The third-order valence-electron chi connectivity index (χ3n) is 9.38. The van der Waals surface area contributed by atoms with Crippen LogP contribution in [0.5, 0.6) is 0 Å². The third-order valence-corrected chi connectivity index (χ3v) is 9.38. The van der Waals surface area contributed by atoms with Crippen molar-refractivity contribution in [3.05, 3.63) is 0 Å². The van der Waals surface area contributed by atoms with Crippen LogP contribution < -0.4 is 10.6 Å². The number of rotatable bonds is 19. The molecule has 55 heavy (non-hydrogen) atoms. The average molecular weight is 803 g/mol. The second kappa shape index (κ2) is 21.2. The minimum Gasteiger partial charge on any atom is -0.477 e. The van der Waals surface area contributed by atoms with Gasteiger partial charge in [0.15, 0.2) is 12.6 Å². The molecule has 3 aliphatic rings. The fraction of sp³-hybridized carbons (Fsp3) is 0.875. The van der Waals surface area contributed by atoms with E-state index in [0.717, 1.165) is 13.8 Å². The largest absolute Gasteiger partial charge is 0.477 e. The molecule has 0 aromatic carbocycles. The molecular weight excluding hydrogens is 748 g/mol. The van der Waals surface area contributed by atoms with E-state index in [0.29, 0.717) is 19.3 Å². The SMILES string of the molecule is COC(=O)CCCCCO[C@@H]1O[C@H](CO)[C@H](O)[C@H](O[C@@H]2O[C@H](CO)[C@H](O)[C@H](O[C@]3(C(=O)O)C[C@H](O)[C@@H](NC(C)=O)[C@H]([C@H](O)[C@H](O)CO)O3)[C@H]2O)[C@H]1NC(C)=O. The summed E-state index contributed by atoms with van der Waals surface area (Å²) in [6.45, 7) is -0.657. The van der Waals surface area contributed by atoms with Crippen molar-refractivity contribution >= 4 is 23.8 Å². The number of amides is 2. The van der Waals surface area contributed by atoms with Crippen LogP contribution in [-0.2, 0) is 52.3 Å². The molecular formula is C32H54N2O21. The van der Waals surface area contributed by atoms with Crippen LogP contribution in [0.4, 0.5) is 0 Å². The van der Waals surface area contributed by atoms with Crippen LogP contribution in [-0.4, -0.2) is 206 Å². The van der Waals surface area contributed by atoms with Gasteiger partial charge in [-0.2, -0.15) is 0 Å². The Morgan fingerprint density at radius 1 is 0.818 bits per heavy atom. The Labute approximate surface area is 315 Å². The molecule has 12 N–H and O–H groups in total. The second-order valence-electron chi connectivity index (χ2n) is 13.5. The zero-order valence-corrected chi connectivity index (χ0v) is 30.5. The summed E-state index contributed by atoms with van der Waals surface area (Å²) in [4.78, 5) is 48.4. The molecule has 3 aliphatic heterocycles. The third kappa shape index (κ3) is 11.7. The highest BCUT2D eigenvalue weighted by Gasteiger charge is 2.60. The Morgan fingerprint density at radius 2 is 1.40 bits per heavy atom. The van der Waals surface area contributed by atoms with E-state index in [9.17, 15) is 70.2 Å². The lowest BCUT2D eigenvalue weighted by Gasteiger charge is -2.51. The number of carbonyl (C=O) groups excluding carboxylic acids is 3. The van der Waals surface area contributed by atoms with Crippen molar-refractivity contribution in [3.63, 3.8) is 0 Å². The number of esters is 1. The van der Waals surface area contributed by atoms with Gasteiger partial charge in [-0.1, -0.05) is 6.42 Å². The Morgan fingerprint density at radius 3 is 1.95 bits per heavy atom. The topological polar surface area (TPSA) is 359 Å². The van der Waals surface area contributed by atoms with Gasteiger partial charge in [0.1, 0.15) is 67.1 Å². The Bertz CT molecular complexity index is 1260. The number of aliphatic carboxylic acids is 1. The van der Waals surface area contributed by atoms with Crippen LogP contribution in [0.3, 0.4) is 0 Å². The molecule has 3 fully saturated rings. The zero-order chi connectivity index (χ0) is 41.2. The first kappa shape index (κ1) is 46.7. The van der Waals surface area contributed by atoms with Crippen molar-refractivity contribution in [1.29, 1.82) is 0 Å². The molecule has 0 aromatic rings. The molecule has 3 heterocycles. The lowest BCUT2D eigenvalue weighted by atomic mass is 9.88. The minimum absolute atomic E-state index is 0.0110. The first-order valence-corrected chi connectivity index (χ1v) is 17.6. The molecule has 0 unspecified atom stereocenters. The summed E-state index contributed by atoms with van der Waals surface area (Å²) in [6.07, 6.45) is -23.7. The van der Waals surface area contributed by atoms with Crippen molar-refractivity contribution in [2.45, 2.75) is 144 Å². The monoisotopic (exact) mass is 802 g/mol. The number of ether oxygens (including phenoxy) is 7. The molecule has 23 heteroatoms. The molecule has 16 atom stereocenters. The number of carboxylic acid groups (broad SMARTS) is 1. The number of aliphatic hydroxyl groups is 9. The summed E-state index contributed by atoms with van der Waals surface area (Å²) in [6, 6.07) is -2.93. The van der Waals surface area contributed by atoms with E-state index in [1.165, 1.54) is 7.11 Å². The predicted octanol–water partition coefficient (Wildman–Crippen LogP) is -6.32. The summed E-state index contributed by atoms with van der Waals surface area (Å²) in [7, 11) is 1.26. The van der Waals surface area contributed by atoms with Crippen LogP contribution in [0.15, 0.2) is 0 Å². The van der Waals surface area contributed by atoms with Gasteiger partial charge in [-0.05, 0) is 12.8 Å². The number of carboxylic acids is 1. The second-order valence-corrected chi connectivity index (χ2v) is 13.5. The molecule has 0 spiro atoms. The van der Waals surface area contributed by atoms with E-state index < -0.39 is 148 Å². The molecule has 3 rings (SSSR count).